The molecule has 0 aromatic carbocycles. The van der Waals surface area contributed by atoms with E-state index >= 15 is 0 Å². The molecule has 1 aliphatic rings. The first-order valence-electron chi connectivity index (χ1n) is 8.22. The Morgan fingerprint density at radius 2 is 2.04 bits per heavy atom. The fraction of sp³-hybridized carbons (Fsp3) is 0.625. The topological polar surface area (TPSA) is 113 Å². The number of nitrogens with zero attached hydrogens (tertiary/aromatic N) is 1. The van der Waals surface area contributed by atoms with Gasteiger partial charge in [0.05, 0.1) is 6.61 Å². The molecule has 1 heterocycles. The molecule has 0 bridgehead atoms. The van der Waals surface area contributed by atoms with Gasteiger partial charge in [0.25, 0.3) is 0 Å². The summed E-state index contributed by atoms with van der Waals surface area (Å²) in [6.45, 7) is 6.84. The maximum Gasteiger partial charge on any atom is 0.328 e. The van der Waals surface area contributed by atoms with Crippen molar-refractivity contribution in [1.82, 2.24) is 10.2 Å². The number of amides is 2. The molecule has 0 radical (unpaired) electrons. The molecule has 140 valence electrons. The van der Waals surface area contributed by atoms with Gasteiger partial charge in [0.1, 0.15) is 12.6 Å². The minimum Gasteiger partial charge on any atom is -0.481 e. The third-order valence-electron chi connectivity index (χ3n) is 3.60. The van der Waals surface area contributed by atoms with Gasteiger partial charge < -0.3 is 20.1 Å². The van der Waals surface area contributed by atoms with Crippen LogP contribution >= 0.6 is 0 Å². The van der Waals surface area contributed by atoms with Crippen molar-refractivity contribution in [3.63, 3.8) is 0 Å². The smallest absolute Gasteiger partial charge is 0.328 e. The molecule has 1 rings (SSSR count). The van der Waals surface area contributed by atoms with Crippen molar-refractivity contribution in [3.8, 4) is 0 Å². The molecule has 0 aromatic rings. The Labute approximate surface area is 148 Å². The van der Waals surface area contributed by atoms with Gasteiger partial charge in [-0.3, -0.25) is 14.4 Å². The van der Waals surface area contributed by atoms with Gasteiger partial charge in [-0.2, -0.15) is 0 Å². The lowest BCUT2D eigenvalue weighted by atomic mass is 10.1. The number of rotatable bonds is 10. The fourth-order valence-corrected chi connectivity index (χ4v) is 2.82. The number of esters is 1. The SMILES string of the molecule is C[Si](C)(C)CCOC(=O)[C@H](CCC(=O)O)NC(=O)CN1CC=CC1=O. The third kappa shape index (κ3) is 8.48. The molecule has 25 heavy (non-hydrogen) atoms. The Hall–Kier alpha value is -2.16. The first kappa shape index (κ1) is 20.9. The third-order valence-corrected chi connectivity index (χ3v) is 5.30. The molecular weight excluding hydrogens is 344 g/mol. The Morgan fingerprint density at radius 1 is 1.36 bits per heavy atom. The largest absolute Gasteiger partial charge is 0.481 e. The number of carbonyl (C=O) groups excluding carboxylic acids is 3. The molecule has 0 saturated carbocycles. The molecular formula is C16H26N2O6Si. The predicted molar refractivity (Wildman–Crippen MR) is 93.6 cm³/mol. The number of carboxylic acids is 1. The van der Waals surface area contributed by atoms with E-state index < -0.39 is 32.0 Å². The molecule has 0 fully saturated rings. The molecule has 0 saturated heterocycles. The minimum absolute atomic E-state index is 0.0565. The number of hydrogen-bond donors (Lipinski definition) is 2. The van der Waals surface area contributed by atoms with Crippen LogP contribution in [0.3, 0.4) is 0 Å². The number of ether oxygens (including phenoxy) is 1. The van der Waals surface area contributed by atoms with Crippen molar-refractivity contribution in [2.45, 2.75) is 44.6 Å². The van der Waals surface area contributed by atoms with Crippen LogP contribution in [0.1, 0.15) is 12.8 Å². The number of carbonyl (C=O) groups is 4. The zero-order valence-corrected chi connectivity index (χ0v) is 15.9. The summed E-state index contributed by atoms with van der Waals surface area (Å²) in [5, 5.41) is 11.3. The second-order valence-electron chi connectivity index (χ2n) is 7.15. The highest BCUT2D eigenvalue weighted by atomic mass is 28.3. The normalized spacial score (nSPS) is 15.2. The van der Waals surface area contributed by atoms with E-state index in [4.69, 9.17) is 9.84 Å². The van der Waals surface area contributed by atoms with Crippen molar-refractivity contribution in [3.05, 3.63) is 12.2 Å². The molecule has 0 spiro atoms. The summed E-state index contributed by atoms with van der Waals surface area (Å²) in [6.07, 6.45) is 2.69. The lowest BCUT2D eigenvalue weighted by Crippen LogP contribution is -2.47. The summed E-state index contributed by atoms with van der Waals surface area (Å²) >= 11 is 0. The summed E-state index contributed by atoms with van der Waals surface area (Å²) in [5.74, 6) is -2.49. The summed E-state index contributed by atoms with van der Waals surface area (Å²) in [7, 11) is -1.37. The predicted octanol–water partition coefficient (Wildman–Crippen LogP) is 0.616. The number of nitrogens with one attached hydrogen (secondary N) is 1. The van der Waals surface area contributed by atoms with E-state index in [9.17, 15) is 19.2 Å². The highest BCUT2D eigenvalue weighted by Crippen LogP contribution is 2.09. The zero-order chi connectivity index (χ0) is 19.0. The number of hydrogen-bond acceptors (Lipinski definition) is 5. The van der Waals surface area contributed by atoms with Gasteiger partial charge in [-0.25, -0.2) is 4.79 Å². The van der Waals surface area contributed by atoms with Crippen LogP contribution < -0.4 is 5.32 Å². The van der Waals surface area contributed by atoms with Gasteiger partial charge in [-0.05, 0) is 12.5 Å². The zero-order valence-electron chi connectivity index (χ0n) is 14.9. The van der Waals surface area contributed by atoms with Crippen LogP contribution in [0.2, 0.25) is 25.7 Å². The molecule has 0 aliphatic carbocycles. The minimum atomic E-state index is -1.37. The van der Waals surface area contributed by atoms with E-state index in [0.29, 0.717) is 6.54 Å². The van der Waals surface area contributed by atoms with Crippen molar-refractivity contribution < 1.29 is 29.0 Å². The van der Waals surface area contributed by atoms with Gasteiger partial charge in [-0.15, -0.1) is 0 Å². The first-order valence-corrected chi connectivity index (χ1v) is 11.9. The molecule has 2 N–H and O–H groups in total. The second-order valence-corrected chi connectivity index (χ2v) is 12.8. The standard InChI is InChI=1S/C16H26N2O6Si/c1-25(2,3)10-9-24-16(23)12(6-7-15(21)22)17-13(19)11-18-8-4-5-14(18)20/h4-5,12H,6-11H2,1-3H3,(H,17,19)(H,21,22)/t12-/m0/s1. The van der Waals surface area contributed by atoms with Crippen LogP contribution in [-0.2, 0) is 23.9 Å². The summed E-state index contributed by atoms with van der Waals surface area (Å²) in [6, 6.07) is -0.248. The van der Waals surface area contributed by atoms with E-state index in [0.717, 1.165) is 6.04 Å². The van der Waals surface area contributed by atoms with E-state index in [-0.39, 0.29) is 31.9 Å². The van der Waals surface area contributed by atoms with Crippen molar-refractivity contribution in [1.29, 1.82) is 0 Å². The first-order chi connectivity index (χ1) is 11.6. The van der Waals surface area contributed by atoms with Gasteiger partial charge in [0.15, 0.2) is 0 Å². The molecule has 8 nitrogen and oxygen atoms in total. The molecule has 2 amide bonds. The summed E-state index contributed by atoms with van der Waals surface area (Å²) < 4.78 is 5.20. The lowest BCUT2D eigenvalue weighted by Gasteiger charge is -2.21. The Morgan fingerprint density at radius 3 is 2.56 bits per heavy atom. The van der Waals surface area contributed by atoms with Crippen molar-refractivity contribution in [2.24, 2.45) is 0 Å². The Bertz CT molecular complexity index is 555. The molecule has 1 aliphatic heterocycles. The van der Waals surface area contributed by atoms with Crippen LogP contribution in [-0.4, -0.2) is 67.6 Å². The van der Waals surface area contributed by atoms with Gasteiger partial charge in [0.2, 0.25) is 11.8 Å². The second kappa shape index (κ2) is 9.35. The van der Waals surface area contributed by atoms with E-state index in [1.807, 2.05) is 0 Å². The molecule has 0 aromatic heterocycles. The summed E-state index contributed by atoms with van der Waals surface area (Å²) in [4.78, 5) is 47.8. The quantitative estimate of drug-likeness (QED) is 0.430. The van der Waals surface area contributed by atoms with Crippen molar-refractivity contribution in [2.75, 3.05) is 19.7 Å². The highest BCUT2D eigenvalue weighted by Gasteiger charge is 2.26. The monoisotopic (exact) mass is 370 g/mol. The average molecular weight is 370 g/mol. The Balaban J connectivity index is 2.55. The van der Waals surface area contributed by atoms with Gasteiger partial charge in [0, 0.05) is 27.1 Å². The Kier molecular flexibility index (Phi) is 7.81. The number of carboxylic acid groups (broad SMARTS) is 1. The molecule has 9 heteroatoms. The molecule has 1 atom stereocenters. The van der Waals surface area contributed by atoms with Gasteiger partial charge in [-0.1, -0.05) is 25.7 Å². The maximum absolute atomic E-state index is 12.2. The van der Waals surface area contributed by atoms with Crippen LogP contribution in [0.15, 0.2) is 12.2 Å². The van der Waals surface area contributed by atoms with Gasteiger partial charge >= 0.3 is 11.9 Å². The average Bonchev–Trinajstić information content (AvgIpc) is 2.87. The van der Waals surface area contributed by atoms with Crippen LogP contribution in [0.4, 0.5) is 0 Å². The summed E-state index contributed by atoms with van der Waals surface area (Å²) in [5.41, 5.74) is 0. The maximum atomic E-state index is 12.2. The van der Waals surface area contributed by atoms with Crippen LogP contribution in [0.5, 0.6) is 0 Å². The van der Waals surface area contributed by atoms with Crippen LogP contribution in [0, 0.1) is 0 Å². The molecule has 0 unspecified atom stereocenters. The van der Waals surface area contributed by atoms with E-state index in [1.54, 1.807) is 6.08 Å². The van der Waals surface area contributed by atoms with Crippen molar-refractivity contribution >= 4 is 31.8 Å². The van der Waals surface area contributed by atoms with E-state index in [2.05, 4.69) is 25.0 Å². The fourth-order valence-electron chi connectivity index (χ4n) is 2.11. The van der Waals surface area contributed by atoms with E-state index in [1.165, 1.54) is 11.0 Å². The highest BCUT2D eigenvalue weighted by molar-refractivity contribution is 6.76. The number of aliphatic carboxylic acids is 1. The lowest BCUT2D eigenvalue weighted by molar-refractivity contribution is -0.148. The van der Waals surface area contributed by atoms with Crippen LogP contribution in [0.25, 0.3) is 0 Å².